The molecule has 0 amide bonds. The van der Waals surface area contributed by atoms with E-state index in [4.69, 9.17) is 14.6 Å². The van der Waals surface area contributed by atoms with E-state index in [-0.39, 0.29) is 5.56 Å². The molecule has 0 unspecified atom stereocenters. The molecule has 0 aliphatic carbocycles. The molecule has 0 aliphatic heterocycles. The van der Waals surface area contributed by atoms with Crippen molar-refractivity contribution in [3.8, 4) is 11.5 Å². The maximum atomic E-state index is 10.9. The van der Waals surface area contributed by atoms with Crippen molar-refractivity contribution in [1.82, 2.24) is 0 Å². The number of carbonyl (C=O) groups is 1. The maximum Gasteiger partial charge on any atom is 0.335 e. The normalized spacial score (nSPS) is 10.8. The highest BCUT2D eigenvalue weighted by Crippen LogP contribution is 2.28. The van der Waals surface area contributed by atoms with E-state index in [0.29, 0.717) is 18.1 Å². The van der Waals surface area contributed by atoms with E-state index in [1.54, 1.807) is 37.6 Å². The zero-order valence-electron chi connectivity index (χ0n) is 15.1. The number of aliphatic imine (C=N–C) groups is 1. The van der Waals surface area contributed by atoms with Crippen LogP contribution >= 0.6 is 22.6 Å². The van der Waals surface area contributed by atoms with Gasteiger partial charge in [-0.3, -0.25) is 4.99 Å². The van der Waals surface area contributed by atoms with Crippen LogP contribution in [0.4, 0.5) is 5.69 Å². The highest BCUT2D eigenvalue weighted by molar-refractivity contribution is 14.1. The highest BCUT2D eigenvalue weighted by Gasteiger charge is 2.07. The van der Waals surface area contributed by atoms with Crippen LogP contribution in [0, 0.1) is 3.57 Å². The van der Waals surface area contributed by atoms with Crippen LogP contribution in [-0.2, 0) is 6.61 Å². The van der Waals surface area contributed by atoms with Crippen LogP contribution in [0.5, 0.6) is 11.5 Å². The Balaban J connectivity index is 1.68. The molecule has 0 aliphatic rings. The van der Waals surface area contributed by atoms with E-state index in [9.17, 15) is 4.79 Å². The smallest absolute Gasteiger partial charge is 0.335 e. The van der Waals surface area contributed by atoms with Crippen molar-refractivity contribution in [3.63, 3.8) is 0 Å². The van der Waals surface area contributed by atoms with Gasteiger partial charge in [0.1, 0.15) is 6.61 Å². The van der Waals surface area contributed by atoms with Gasteiger partial charge in [-0.15, -0.1) is 0 Å². The molecule has 0 heterocycles. The van der Waals surface area contributed by atoms with Crippen LogP contribution in [0.25, 0.3) is 0 Å². The first kappa shape index (κ1) is 19.9. The number of ether oxygens (including phenoxy) is 2. The summed E-state index contributed by atoms with van der Waals surface area (Å²) in [7, 11) is 1.59. The van der Waals surface area contributed by atoms with Crippen molar-refractivity contribution in [2.75, 3.05) is 7.11 Å². The fraction of sp³-hybridized carbons (Fsp3) is 0.0909. The third-order valence-electron chi connectivity index (χ3n) is 3.97. The Hall–Kier alpha value is -2.87. The molecule has 0 spiro atoms. The number of benzene rings is 3. The molecule has 28 heavy (non-hydrogen) atoms. The lowest BCUT2D eigenvalue weighted by Crippen LogP contribution is -2.00. The molecular formula is C22H18INO4. The van der Waals surface area contributed by atoms with E-state index < -0.39 is 5.97 Å². The third kappa shape index (κ3) is 5.32. The molecule has 6 heteroatoms. The van der Waals surface area contributed by atoms with E-state index >= 15 is 0 Å². The fourth-order valence-corrected chi connectivity index (χ4v) is 2.82. The van der Waals surface area contributed by atoms with Gasteiger partial charge >= 0.3 is 5.97 Å². The first-order chi connectivity index (χ1) is 13.5. The van der Waals surface area contributed by atoms with Gasteiger partial charge < -0.3 is 14.6 Å². The Labute approximate surface area is 176 Å². The first-order valence-corrected chi connectivity index (χ1v) is 9.56. The van der Waals surface area contributed by atoms with Crippen molar-refractivity contribution in [2.24, 2.45) is 4.99 Å². The predicted molar refractivity (Wildman–Crippen MR) is 117 cm³/mol. The summed E-state index contributed by atoms with van der Waals surface area (Å²) in [5.74, 6) is 0.265. The van der Waals surface area contributed by atoms with Gasteiger partial charge in [0, 0.05) is 9.78 Å². The molecule has 0 saturated heterocycles. The summed E-state index contributed by atoms with van der Waals surface area (Å²) in [5, 5.41) is 8.95. The fourth-order valence-electron chi connectivity index (χ4n) is 2.46. The van der Waals surface area contributed by atoms with Crippen molar-refractivity contribution in [1.29, 1.82) is 0 Å². The summed E-state index contributed by atoms with van der Waals surface area (Å²) in [6.07, 6.45) is 1.78. The van der Waals surface area contributed by atoms with Gasteiger partial charge in [-0.2, -0.15) is 0 Å². The number of halogens is 1. The first-order valence-electron chi connectivity index (χ1n) is 8.48. The minimum absolute atomic E-state index is 0.248. The number of hydrogen-bond acceptors (Lipinski definition) is 4. The number of rotatable bonds is 7. The molecular weight excluding hydrogens is 469 g/mol. The molecule has 1 N–H and O–H groups in total. The summed E-state index contributed by atoms with van der Waals surface area (Å²) < 4.78 is 12.4. The predicted octanol–water partition coefficient (Wildman–Crippen LogP) is 5.33. The molecule has 3 aromatic rings. The molecule has 0 atom stereocenters. The van der Waals surface area contributed by atoms with Gasteiger partial charge in [-0.05, 0) is 88.3 Å². The van der Waals surface area contributed by atoms with Crippen LogP contribution in [0.3, 0.4) is 0 Å². The second-order valence-corrected chi connectivity index (χ2v) is 7.18. The SMILES string of the molecule is COc1cc(C=Nc2ccc(I)cc2)ccc1OCc1ccc(C(=O)O)cc1. The molecule has 3 rings (SSSR count). The van der Waals surface area contributed by atoms with Crippen molar-refractivity contribution < 1.29 is 19.4 Å². The van der Waals surface area contributed by atoms with Crippen LogP contribution in [0.2, 0.25) is 0 Å². The number of hydrogen-bond donors (Lipinski definition) is 1. The molecule has 0 aromatic heterocycles. The second-order valence-electron chi connectivity index (χ2n) is 5.94. The van der Waals surface area contributed by atoms with Gasteiger partial charge in [0.05, 0.1) is 18.4 Å². The zero-order valence-corrected chi connectivity index (χ0v) is 17.3. The number of carboxylic acid groups (broad SMARTS) is 1. The maximum absolute atomic E-state index is 10.9. The lowest BCUT2D eigenvalue weighted by Gasteiger charge is -2.11. The average Bonchev–Trinajstić information content (AvgIpc) is 2.72. The standard InChI is InChI=1S/C22H18INO4/c1-27-21-12-16(13-24-19-9-7-18(23)8-10-19)4-11-20(21)28-14-15-2-5-17(6-3-15)22(25)26/h2-13H,14H2,1H3,(H,25,26). The van der Waals surface area contributed by atoms with Crippen molar-refractivity contribution >= 4 is 40.5 Å². The van der Waals surface area contributed by atoms with Gasteiger partial charge in [0.15, 0.2) is 11.5 Å². The monoisotopic (exact) mass is 487 g/mol. The van der Waals surface area contributed by atoms with Gasteiger partial charge in [-0.1, -0.05) is 12.1 Å². The Morgan fingerprint density at radius 3 is 2.39 bits per heavy atom. The third-order valence-corrected chi connectivity index (χ3v) is 4.69. The summed E-state index contributed by atoms with van der Waals surface area (Å²) in [4.78, 5) is 15.4. The summed E-state index contributed by atoms with van der Waals surface area (Å²) in [6, 6.07) is 20.1. The van der Waals surface area contributed by atoms with E-state index in [2.05, 4.69) is 27.6 Å². The minimum Gasteiger partial charge on any atom is -0.493 e. The van der Waals surface area contributed by atoms with Gasteiger partial charge in [0.2, 0.25) is 0 Å². The van der Waals surface area contributed by atoms with Crippen LogP contribution in [0.1, 0.15) is 21.5 Å². The largest absolute Gasteiger partial charge is 0.493 e. The van der Waals surface area contributed by atoms with E-state index in [1.807, 2.05) is 42.5 Å². The van der Waals surface area contributed by atoms with Crippen molar-refractivity contribution in [2.45, 2.75) is 6.61 Å². The number of carboxylic acids is 1. The topological polar surface area (TPSA) is 68.1 Å². The molecule has 0 radical (unpaired) electrons. The number of nitrogens with zero attached hydrogens (tertiary/aromatic N) is 1. The lowest BCUT2D eigenvalue weighted by molar-refractivity contribution is 0.0697. The van der Waals surface area contributed by atoms with Gasteiger partial charge in [0.25, 0.3) is 0 Å². The zero-order chi connectivity index (χ0) is 19.9. The Kier molecular flexibility index (Phi) is 6.65. The van der Waals surface area contributed by atoms with Crippen molar-refractivity contribution in [3.05, 3.63) is 87.0 Å². The average molecular weight is 487 g/mol. The summed E-state index contributed by atoms with van der Waals surface area (Å²) >= 11 is 2.26. The second kappa shape index (κ2) is 9.36. The molecule has 0 saturated carbocycles. The summed E-state index contributed by atoms with van der Waals surface area (Å²) in [6.45, 7) is 0.312. The molecule has 0 fully saturated rings. The molecule has 5 nitrogen and oxygen atoms in total. The molecule has 3 aromatic carbocycles. The number of aromatic carboxylic acids is 1. The van der Waals surface area contributed by atoms with Gasteiger partial charge in [-0.25, -0.2) is 4.79 Å². The quantitative estimate of drug-likeness (QED) is 0.362. The molecule has 142 valence electrons. The van der Waals surface area contributed by atoms with Crippen LogP contribution < -0.4 is 9.47 Å². The van der Waals surface area contributed by atoms with Crippen LogP contribution in [-0.4, -0.2) is 24.4 Å². The van der Waals surface area contributed by atoms with E-state index in [0.717, 1.165) is 20.4 Å². The Bertz CT molecular complexity index is 982. The van der Waals surface area contributed by atoms with Crippen LogP contribution in [0.15, 0.2) is 71.7 Å². The Morgan fingerprint density at radius 2 is 1.75 bits per heavy atom. The number of methoxy groups -OCH3 is 1. The summed E-state index contributed by atoms with van der Waals surface area (Å²) in [5.41, 5.74) is 2.90. The van der Waals surface area contributed by atoms with E-state index in [1.165, 1.54) is 0 Å². The minimum atomic E-state index is -0.948. The Morgan fingerprint density at radius 1 is 1.04 bits per heavy atom. The molecule has 0 bridgehead atoms. The highest BCUT2D eigenvalue weighted by atomic mass is 127. The lowest BCUT2D eigenvalue weighted by atomic mass is 10.1.